The van der Waals surface area contributed by atoms with Crippen LogP contribution in [0.4, 0.5) is 0 Å². The fraction of sp³-hybridized carbons (Fsp3) is 1.00. The SMILES string of the molecule is CC(CO)CCCNS(=O)(=O)C(C)C. The molecule has 1 atom stereocenters. The Morgan fingerprint density at radius 2 is 1.86 bits per heavy atom. The van der Waals surface area contributed by atoms with Crippen LogP contribution in [0.1, 0.15) is 33.6 Å². The average Bonchev–Trinajstić information content (AvgIpc) is 2.11. The van der Waals surface area contributed by atoms with E-state index in [0.29, 0.717) is 6.54 Å². The molecule has 0 aliphatic carbocycles. The molecule has 2 N–H and O–H groups in total. The van der Waals surface area contributed by atoms with E-state index >= 15 is 0 Å². The van der Waals surface area contributed by atoms with Crippen molar-refractivity contribution < 1.29 is 13.5 Å². The molecule has 0 amide bonds. The summed E-state index contributed by atoms with van der Waals surface area (Å²) in [6.45, 7) is 5.87. The first-order valence-corrected chi connectivity index (χ1v) is 6.54. The van der Waals surface area contributed by atoms with Crippen molar-refractivity contribution in [1.29, 1.82) is 0 Å². The standard InChI is InChI=1S/C9H21NO3S/c1-8(2)14(12,13)10-6-4-5-9(3)7-11/h8-11H,4-7H2,1-3H3. The zero-order valence-corrected chi connectivity index (χ0v) is 9.97. The van der Waals surface area contributed by atoms with E-state index in [0.717, 1.165) is 12.8 Å². The summed E-state index contributed by atoms with van der Waals surface area (Å²) in [5.74, 6) is 0.249. The van der Waals surface area contributed by atoms with Gasteiger partial charge >= 0.3 is 0 Å². The Morgan fingerprint density at radius 1 is 1.29 bits per heavy atom. The Labute approximate surface area is 86.8 Å². The van der Waals surface area contributed by atoms with E-state index in [1.165, 1.54) is 0 Å². The smallest absolute Gasteiger partial charge is 0.213 e. The van der Waals surface area contributed by atoms with Crippen molar-refractivity contribution in [2.24, 2.45) is 5.92 Å². The minimum atomic E-state index is -3.12. The lowest BCUT2D eigenvalue weighted by atomic mass is 10.1. The van der Waals surface area contributed by atoms with Crippen molar-refractivity contribution in [3.63, 3.8) is 0 Å². The van der Waals surface area contributed by atoms with Gasteiger partial charge in [-0.25, -0.2) is 13.1 Å². The molecule has 4 nitrogen and oxygen atoms in total. The third-order valence-corrected chi connectivity index (χ3v) is 3.96. The zero-order valence-electron chi connectivity index (χ0n) is 9.16. The molecule has 0 aromatic heterocycles. The number of rotatable bonds is 7. The van der Waals surface area contributed by atoms with Gasteiger partial charge in [0.25, 0.3) is 0 Å². The third-order valence-electron chi connectivity index (χ3n) is 2.11. The second kappa shape index (κ2) is 6.37. The highest BCUT2D eigenvalue weighted by molar-refractivity contribution is 7.90. The first-order chi connectivity index (χ1) is 6.40. The van der Waals surface area contributed by atoms with Gasteiger partial charge in [0, 0.05) is 13.2 Å². The molecule has 0 saturated carbocycles. The summed E-state index contributed by atoms with van der Waals surface area (Å²) in [6.07, 6.45) is 1.62. The van der Waals surface area contributed by atoms with Gasteiger partial charge in [0.15, 0.2) is 0 Å². The van der Waals surface area contributed by atoms with Crippen LogP contribution < -0.4 is 4.72 Å². The number of sulfonamides is 1. The molecule has 5 heteroatoms. The largest absolute Gasteiger partial charge is 0.396 e. The maximum Gasteiger partial charge on any atom is 0.213 e. The van der Waals surface area contributed by atoms with Crippen molar-refractivity contribution in [3.05, 3.63) is 0 Å². The van der Waals surface area contributed by atoms with Gasteiger partial charge in [-0.1, -0.05) is 6.92 Å². The lowest BCUT2D eigenvalue weighted by molar-refractivity contribution is 0.228. The summed E-state index contributed by atoms with van der Waals surface area (Å²) in [5, 5.41) is 8.37. The van der Waals surface area contributed by atoms with Crippen molar-refractivity contribution in [2.45, 2.75) is 38.9 Å². The predicted octanol–water partition coefficient (Wildman–Crippen LogP) is 0.723. The van der Waals surface area contributed by atoms with Crippen molar-refractivity contribution in [3.8, 4) is 0 Å². The normalized spacial score (nSPS) is 14.6. The van der Waals surface area contributed by atoms with Gasteiger partial charge in [-0.05, 0) is 32.6 Å². The molecule has 1 unspecified atom stereocenters. The van der Waals surface area contributed by atoms with Crippen LogP contribution in [-0.2, 0) is 10.0 Å². The quantitative estimate of drug-likeness (QED) is 0.625. The maximum atomic E-state index is 11.3. The minimum absolute atomic E-state index is 0.164. The van der Waals surface area contributed by atoms with Gasteiger partial charge in [0.1, 0.15) is 0 Å². The fourth-order valence-corrected chi connectivity index (χ4v) is 1.69. The van der Waals surface area contributed by atoms with Crippen molar-refractivity contribution in [2.75, 3.05) is 13.2 Å². The highest BCUT2D eigenvalue weighted by Gasteiger charge is 2.14. The summed E-state index contributed by atoms with van der Waals surface area (Å²) >= 11 is 0. The Hall–Kier alpha value is -0.130. The molecular formula is C9H21NO3S. The summed E-state index contributed by atoms with van der Waals surface area (Å²) in [4.78, 5) is 0. The molecule has 0 spiro atoms. The first kappa shape index (κ1) is 13.9. The van der Waals surface area contributed by atoms with E-state index in [1.807, 2.05) is 6.92 Å². The van der Waals surface area contributed by atoms with Gasteiger partial charge in [0.05, 0.1) is 5.25 Å². The van der Waals surface area contributed by atoms with Crippen LogP contribution in [0.5, 0.6) is 0 Å². The summed E-state index contributed by atoms with van der Waals surface area (Å²) in [6, 6.07) is 0. The second-order valence-electron chi connectivity index (χ2n) is 3.92. The Kier molecular flexibility index (Phi) is 6.31. The first-order valence-electron chi connectivity index (χ1n) is 4.99. The fourth-order valence-electron chi connectivity index (χ4n) is 0.923. The monoisotopic (exact) mass is 223 g/mol. The summed E-state index contributed by atoms with van der Waals surface area (Å²) < 4.78 is 25.1. The number of aliphatic hydroxyl groups is 1. The number of hydrogen-bond acceptors (Lipinski definition) is 3. The molecular weight excluding hydrogens is 202 g/mol. The Balaban J connectivity index is 3.65. The Bertz CT molecular complexity index is 236. The molecule has 0 heterocycles. The van der Waals surface area contributed by atoms with Crippen LogP contribution in [0, 0.1) is 5.92 Å². The topological polar surface area (TPSA) is 66.4 Å². The molecule has 0 bridgehead atoms. The minimum Gasteiger partial charge on any atom is -0.396 e. The number of aliphatic hydroxyl groups excluding tert-OH is 1. The van der Waals surface area contributed by atoms with E-state index in [9.17, 15) is 8.42 Å². The maximum absolute atomic E-state index is 11.3. The van der Waals surface area contributed by atoms with Gasteiger partial charge in [-0.2, -0.15) is 0 Å². The van der Waals surface area contributed by atoms with Crippen molar-refractivity contribution >= 4 is 10.0 Å². The third kappa shape index (κ3) is 5.57. The van der Waals surface area contributed by atoms with Crippen LogP contribution >= 0.6 is 0 Å². The molecule has 0 fully saturated rings. The summed E-state index contributed by atoms with van der Waals surface area (Å²) in [7, 11) is -3.12. The Morgan fingerprint density at radius 3 is 2.29 bits per heavy atom. The molecule has 0 rings (SSSR count). The highest BCUT2D eigenvalue weighted by Crippen LogP contribution is 2.03. The summed E-state index contributed by atoms with van der Waals surface area (Å²) in [5.41, 5.74) is 0. The zero-order chi connectivity index (χ0) is 11.2. The van der Waals surface area contributed by atoms with Gasteiger partial charge in [-0.15, -0.1) is 0 Å². The van der Waals surface area contributed by atoms with Crippen LogP contribution in [0.2, 0.25) is 0 Å². The van der Waals surface area contributed by atoms with Crippen molar-refractivity contribution in [1.82, 2.24) is 4.72 Å². The lowest BCUT2D eigenvalue weighted by Gasteiger charge is -2.10. The molecule has 0 saturated heterocycles. The molecule has 0 aromatic carbocycles. The van der Waals surface area contributed by atoms with Crippen LogP contribution in [0.25, 0.3) is 0 Å². The van der Waals surface area contributed by atoms with Crippen LogP contribution in [0.15, 0.2) is 0 Å². The molecule has 14 heavy (non-hydrogen) atoms. The van der Waals surface area contributed by atoms with E-state index in [2.05, 4.69) is 4.72 Å². The molecule has 0 aromatic rings. The molecule has 0 radical (unpaired) electrons. The van der Waals surface area contributed by atoms with E-state index in [4.69, 9.17) is 5.11 Å². The molecule has 0 aliphatic heterocycles. The lowest BCUT2D eigenvalue weighted by Crippen LogP contribution is -2.31. The van der Waals surface area contributed by atoms with E-state index < -0.39 is 10.0 Å². The number of hydrogen-bond donors (Lipinski definition) is 2. The predicted molar refractivity (Wildman–Crippen MR) is 57.5 cm³/mol. The average molecular weight is 223 g/mol. The van der Waals surface area contributed by atoms with Gasteiger partial charge in [0.2, 0.25) is 10.0 Å². The second-order valence-corrected chi connectivity index (χ2v) is 6.24. The van der Waals surface area contributed by atoms with Crippen LogP contribution in [0.3, 0.4) is 0 Å². The number of nitrogens with one attached hydrogen (secondary N) is 1. The highest BCUT2D eigenvalue weighted by atomic mass is 32.2. The van der Waals surface area contributed by atoms with E-state index in [-0.39, 0.29) is 17.8 Å². The van der Waals surface area contributed by atoms with Gasteiger partial charge in [-0.3, -0.25) is 0 Å². The van der Waals surface area contributed by atoms with E-state index in [1.54, 1.807) is 13.8 Å². The van der Waals surface area contributed by atoms with Gasteiger partial charge < -0.3 is 5.11 Å². The molecule has 86 valence electrons. The van der Waals surface area contributed by atoms with Crippen LogP contribution in [-0.4, -0.2) is 31.9 Å². The molecule has 0 aliphatic rings.